The fourth-order valence-electron chi connectivity index (χ4n) is 1.99. The van der Waals surface area contributed by atoms with Crippen molar-refractivity contribution >= 4 is 27.5 Å². The van der Waals surface area contributed by atoms with Crippen LogP contribution < -0.4 is 5.73 Å². The Labute approximate surface area is 125 Å². The third-order valence-corrected chi connectivity index (χ3v) is 3.80. The molecular formula is C15H14BrClFN. The van der Waals surface area contributed by atoms with Crippen molar-refractivity contribution in [3.63, 3.8) is 0 Å². The molecule has 0 aliphatic heterocycles. The van der Waals surface area contributed by atoms with E-state index in [1.807, 2.05) is 30.3 Å². The second kappa shape index (κ2) is 6.51. The van der Waals surface area contributed by atoms with Gasteiger partial charge in [0.1, 0.15) is 5.82 Å². The van der Waals surface area contributed by atoms with Crippen molar-refractivity contribution in [2.45, 2.75) is 18.9 Å². The quantitative estimate of drug-likeness (QED) is 0.878. The summed E-state index contributed by atoms with van der Waals surface area (Å²) in [4.78, 5) is 0. The van der Waals surface area contributed by atoms with Crippen molar-refractivity contribution in [1.29, 1.82) is 0 Å². The molecule has 2 N–H and O–H groups in total. The maximum Gasteiger partial charge on any atom is 0.127 e. The Morgan fingerprint density at radius 3 is 2.47 bits per heavy atom. The first-order chi connectivity index (χ1) is 9.06. The van der Waals surface area contributed by atoms with Crippen molar-refractivity contribution in [2.24, 2.45) is 5.73 Å². The van der Waals surface area contributed by atoms with Crippen LogP contribution in [0, 0.1) is 5.82 Å². The molecule has 0 heterocycles. The topological polar surface area (TPSA) is 26.0 Å². The molecule has 0 aliphatic rings. The fourth-order valence-corrected chi connectivity index (χ4v) is 2.53. The van der Waals surface area contributed by atoms with Crippen molar-refractivity contribution in [2.75, 3.05) is 0 Å². The second-order valence-corrected chi connectivity index (χ2v) is 5.82. The molecule has 2 rings (SSSR count). The molecule has 0 spiro atoms. The predicted octanol–water partition coefficient (Wildman–Crippen LogP) is 4.35. The molecule has 0 bridgehead atoms. The van der Waals surface area contributed by atoms with Gasteiger partial charge in [0.15, 0.2) is 0 Å². The summed E-state index contributed by atoms with van der Waals surface area (Å²) >= 11 is 9.32. The number of rotatable bonds is 4. The largest absolute Gasteiger partial charge is 0.327 e. The standard InChI is InChI=1S/C15H14BrClFN/c16-12-6-5-11(15(18)9-12)8-13(19)7-10-3-1-2-4-14(10)17/h1-6,9,13H,7-8,19H2. The third kappa shape index (κ3) is 4.03. The molecule has 0 amide bonds. The Balaban J connectivity index is 2.05. The molecule has 0 saturated carbocycles. The predicted molar refractivity (Wildman–Crippen MR) is 80.9 cm³/mol. The highest BCUT2D eigenvalue weighted by molar-refractivity contribution is 9.10. The molecule has 0 radical (unpaired) electrons. The van der Waals surface area contributed by atoms with E-state index in [0.717, 1.165) is 10.0 Å². The SMILES string of the molecule is NC(Cc1ccc(Br)cc1F)Cc1ccccc1Cl. The molecule has 1 nitrogen and oxygen atoms in total. The summed E-state index contributed by atoms with van der Waals surface area (Å²) in [6.07, 6.45) is 1.12. The number of nitrogens with two attached hydrogens (primary N) is 1. The zero-order valence-corrected chi connectivity index (χ0v) is 12.6. The van der Waals surface area contributed by atoms with Gasteiger partial charge in [0.2, 0.25) is 0 Å². The molecule has 0 aromatic heterocycles. The van der Waals surface area contributed by atoms with Crippen LogP contribution in [0.25, 0.3) is 0 Å². The van der Waals surface area contributed by atoms with Gasteiger partial charge in [-0.3, -0.25) is 0 Å². The summed E-state index contributed by atoms with van der Waals surface area (Å²) in [6.45, 7) is 0. The first-order valence-corrected chi connectivity index (χ1v) is 7.16. The van der Waals surface area contributed by atoms with Crippen LogP contribution in [0.1, 0.15) is 11.1 Å². The van der Waals surface area contributed by atoms with Gasteiger partial charge >= 0.3 is 0 Å². The Hall–Kier alpha value is -0.900. The summed E-state index contributed by atoms with van der Waals surface area (Å²) in [6, 6.07) is 12.5. The maximum atomic E-state index is 13.7. The van der Waals surface area contributed by atoms with Crippen LogP contribution in [0.15, 0.2) is 46.9 Å². The zero-order valence-electron chi connectivity index (χ0n) is 10.2. The Kier molecular flexibility index (Phi) is 4.97. The molecule has 4 heteroatoms. The van der Waals surface area contributed by atoms with Gasteiger partial charge < -0.3 is 5.73 Å². The number of benzene rings is 2. The minimum atomic E-state index is -0.232. The number of halogens is 3. The molecule has 1 atom stereocenters. The van der Waals surface area contributed by atoms with Gasteiger partial charge in [-0.1, -0.05) is 51.8 Å². The lowest BCUT2D eigenvalue weighted by molar-refractivity contribution is 0.583. The van der Waals surface area contributed by atoms with Crippen molar-refractivity contribution in [1.82, 2.24) is 0 Å². The molecule has 0 fully saturated rings. The number of hydrogen-bond acceptors (Lipinski definition) is 1. The van der Waals surface area contributed by atoms with Gasteiger partial charge in [-0.05, 0) is 42.2 Å². The van der Waals surface area contributed by atoms with E-state index in [0.29, 0.717) is 23.4 Å². The minimum Gasteiger partial charge on any atom is -0.327 e. The molecule has 2 aromatic rings. The van der Waals surface area contributed by atoms with Gasteiger partial charge in [-0.25, -0.2) is 4.39 Å². The first kappa shape index (κ1) is 14.5. The summed E-state index contributed by atoms with van der Waals surface area (Å²) in [7, 11) is 0. The van der Waals surface area contributed by atoms with Crippen LogP contribution in [0.3, 0.4) is 0 Å². The Morgan fingerprint density at radius 1 is 1.11 bits per heavy atom. The van der Waals surface area contributed by atoms with Gasteiger partial charge in [-0.15, -0.1) is 0 Å². The molecular weight excluding hydrogens is 329 g/mol. The average Bonchev–Trinajstić information content (AvgIpc) is 2.36. The third-order valence-electron chi connectivity index (χ3n) is 2.94. The molecule has 100 valence electrons. The normalized spacial score (nSPS) is 12.4. The minimum absolute atomic E-state index is 0.157. The van der Waals surface area contributed by atoms with Crippen molar-refractivity contribution < 1.29 is 4.39 Å². The van der Waals surface area contributed by atoms with E-state index >= 15 is 0 Å². The lowest BCUT2D eigenvalue weighted by Gasteiger charge is -2.13. The smallest absolute Gasteiger partial charge is 0.127 e. The van der Waals surface area contributed by atoms with Crippen LogP contribution in [0.5, 0.6) is 0 Å². The van der Waals surface area contributed by atoms with Crippen LogP contribution in [0.4, 0.5) is 4.39 Å². The monoisotopic (exact) mass is 341 g/mol. The van der Waals surface area contributed by atoms with Crippen LogP contribution >= 0.6 is 27.5 Å². The van der Waals surface area contributed by atoms with Crippen molar-refractivity contribution in [3.8, 4) is 0 Å². The first-order valence-electron chi connectivity index (χ1n) is 5.99. The van der Waals surface area contributed by atoms with Gasteiger partial charge in [-0.2, -0.15) is 0 Å². The van der Waals surface area contributed by atoms with E-state index in [1.165, 1.54) is 6.07 Å². The van der Waals surface area contributed by atoms with E-state index in [-0.39, 0.29) is 11.9 Å². The molecule has 1 unspecified atom stereocenters. The summed E-state index contributed by atoms with van der Waals surface area (Å²) in [5.74, 6) is -0.232. The summed E-state index contributed by atoms with van der Waals surface area (Å²) < 4.78 is 14.4. The highest BCUT2D eigenvalue weighted by Crippen LogP contribution is 2.19. The molecule has 19 heavy (non-hydrogen) atoms. The Bertz CT molecular complexity index is 574. The second-order valence-electron chi connectivity index (χ2n) is 4.50. The van der Waals surface area contributed by atoms with Crippen molar-refractivity contribution in [3.05, 3.63) is 68.9 Å². The van der Waals surface area contributed by atoms with E-state index in [4.69, 9.17) is 17.3 Å². The lowest BCUT2D eigenvalue weighted by atomic mass is 9.99. The molecule has 0 aliphatic carbocycles. The van der Waals surface area contributed by atoms with E-state index in [1.54, 1.807) is 6.07 Å². The maximum absolute atomic E-state index is 13.7. The lowest BCUT2D eigenvalue weighted by Crippen LogP contribution is -2.26. The van der Waals surface area contributed by atoms with Gasteiger partial charge in [0.25, 0.3) is 0 Å². The summed E-state index contributed by atoms with van der Waals surface area (Å²) in [5.41, 5.74) is 7.70. The highest BCUT2D eigenvalue weighted by atomic mass is 79.9. The number of hydrogen-bond donors (Lipinski definition) is 1. The van der Waals surface area contributed by atoms with E-state index in [9.17, 15) is 4.39 Å². The van der Waals surface area contributed by atoms with Gasteiger partial charge in [0, 0.05) is 15.5 Å². The summed E-state index contributed by atoms with van der Waals surface area (Å²) in [5, 5.41) is 0.703. The zero-order chi connectivity index (χ0) is 13.8. The highest BCUT2D eigenvalue weighted by Gasteiger charge is 2.11. The average molecular weight is 343 g/mol. The van der Waals surface area contributed by atoms with E-state index < -0.39 is 0 Å². The van der Waals surface area contributed by atoms with Crippen LogP contribution in [-0.4, -0.2) is 6.04 Å². The van der Waals surface area contributed by atoms with Crippen LogP contribution in [0.2, 0.25) is 5.02 Å². The molecule has 0 saturated heterocycles. The Morgan fingerprint density at radius 2 is 1.79 bits per heavy atom. The van der Waals surface area contributed by atoms with Gasteiger partial charge in [0.05, 0.1) is 0 Å². The van der Waals surface area contributed by atoms with Crippen LogP contribution in [-0.2, 0) is 12.8 Å². The fraction of sp³-hybridized carbons (Fsp3) is 0.200. The van der Waals surface area contributed by atoms with E-state index in [2.05, 4.69) is 15.9 Å². The molecule has 2 aromatic carbocycles.